The molecule has 1 heteroatoms. The summed E-state index contributed by atoms with van der Waals surface area (Å²) in [5, 5.41) is 3.79. The van der Waals surface area contributed by atoms with Crippen LogP contribution in [-0.2, 0) is 0 Å². The number of nitrogens with one attached hydrogen (secondary N) is 1. The monoisotopic (exact) mass is 151 g/mol. The lowest BCUT2D eigenvalue weighted by Gasteiger charge is -2.56. The highest BCUT2D eigenvalue weighted by Gasteiger charge is 2.47. The Bertz CT molecular complexity index is 150. The minimum Gasteiger partial charge on any atom is -0.309 e. The summed E-state index contributed by atoms with van der Waals surface area (Å²) < 4.78 is 0. The Morgan fingerprint density at radius 3 is 2.18 bits per heavy atom. The van der Waals surface area contributed by atoms with Gasteiger partial charge in [0.05, 0.1) is 0 Å². The third-order valence-electron chi connectivity index (χ3n) is 3.93. The van der Waals surface area contributed by atoms with Crippen molar-refractivity contribution in [3.63, 3.8) is 0 Å². The number of hydrogen-bond acceptors (Lipinski definition) is 1. The van der Waals surface area contributed by atoms with Gasteiger partial charge in [0.2, 0.25) is 0 Å². The molecule has 1 nitrogen and oxygen atoms in total. The van der Waals surface area contributed by atoms with Crippen LogP contribution in [-0.4, -0.2) is 11.6 Å². The summed E-state index contributed by atoms with van der Waals surface area (Å²) in [5.41, 5.74) is 0.550. The molecule has 4 fully saturated rings. The van der Waals surface area contributed by atoms with E-state index < -0.39 is 0 Å². The molecular weight excluding hydrogens is 134 g/mol. The second-order valence-electron chi connectivity index (χ2n) is 5.25. The van der Waals surface area contributed by atoms with Gasteiger partial charge in [-0.05, 0) is 50.9 Å². The molecule has 2 atom stereocenters. The smallest absolute Gasteiger partial charge is 0.0161 e. The molecule has 2 heterocycles. The number of rotatable bonds is 0. The molecule has 0 aromatic heterocycles. The zero-order chi connectivity index (χ0) is 7.47. The summed E-state index contributed by atoms with van der Waals surface area (Å²) >= 11 is 0. The lowest BCUT2D eigenvalue weighted by molar-refractivity contribution is 0.00775. The van der Waals surface area contributed by atoms with Gasteiger partial charge in [0.25, 0.3) is 0 Å². The van der Waals surface area contributed by atoms with E-state index in [1.807, 2.05) is 0 Å². The molecule has 4 bridgehead atoms. The van der Waals surface area contributed by atoms with Crippen molar-refractivity contribution in [2.24, 2.45) is 11.8 Å². The summed E-state index contributed by atoms with van der Waals surface area (Å²) in [7, 11) is 0. The molecule has 62 valence electrons. The maximum absolute atomic E-state index is 3.79. The fourth-order valence-corrected chi connectivity index (χ4v) is 3.98. The van der Waals surface area contributed by atoms with Crippen molar-refractivity contribution in [3.8, 4) is 0 Å². The molecule has 4 aliphatic rings. The summed E-state index contributed by atoms with van der Waals surface area (Å²) in [5.74, 6) is 2.16. The average Bonchev–Trinajstić information content (AvgIpc) is 1.79. The second-order valence-corrected chi connectivity index (χ2v) is 5.25. The zero-order valence-electron chi connectivity index (χ0n) is 7.27. The van der Waals surface area contributed by atoms with E-state index in [1.165, 1.54) is 25.7 Å². The SMILES string of the molecule is CC12CC3CC(CC(C3)N1)C2. The van der Waals surface area contributed by atoms with Gasteiger partial charge in [-0.3, -0.25) is 0 Å². The van der Waals surface area contributed by atoms with Crippen LogP contribution in [0.5, 0.6) is 0 Å². The lowest BCUT2D eigenvalue weighted by atomic mass is 9.60. The molecule has 2 unspecified atom stereocenters. The van der Waals surface area contributed by atoms with Gasteiger partial charge >= 0.3 is 0 Å². The second kappa shape index (κ2) is 1.82. The van der Waals surface area contributed by atoms with E-state index in [-0.39, 0.29) is 0 Å². The van der Waals surface area contributed by atoms with E-state index in [0.717, 1.165) is 17.9 Å². The fraction of sp³-hybridized carbons (Fsp3) is 1.00. The molecule has 0 radical (unpaired) electrons. The first-order valence-corrected chi connectivity index (χ1v) is 5.01. The topological polar surface area (TPSA) is 12.0 Å². The average molecular weight is 151 g/mol. The predicted molar refractivity (Wildman–Crippen MR) is 45.4 cm³/mol. The zero-order valence-corrected chi connectivity index (χ0v) is 7.27. The quantitative estimate of drug-likeness (QED) is 0.558. The van der Waals surface area contributed by atoms with Crippen LogP contribution < -0.4 is 5.32 Å². The van der Waals surface area contributed by atoms with Crippen molar-refractivity contribution in [2.45, 2.75) is 50.6 Å². The summed E-state index contributed by atoms with van der Waals surface area (Å²) in [6.45, 7) is 2.43. The third-order valence-corrected chi connectivity index (χ3v) is 3.93. The van der Waals surface area contributed by atoms with E-state index in [4.69, 9.17) is 0 Å². The van der Waals surface area contributed by atoms with Crippen LogP contribution in [0, 0.1) is 11.8 Å². The molecule has 11 heavy (non-hydrogen) atoms. The molecule has 2 saturated heterocycles. The minimum atomic E-state index is 0.550. The Hall–Kier alpha value is -0.0400. The van der Waals surface area contributed by atoms with Gasteiger partial charge in [-0.1, -0.05) is 0 Å². The van der Waals surface area contributed by atoms with Crippen molar-refractivity contribution in [3.05, 3.63) is 0 Å². The number of hydrogen-bond donors (Lipinski definition) is 1. The number of piperidine rings is 2. The van der Waals surface area contributed by atoms with Crippen molar-refractivity contribution in [2.75, 3.05) is 0 Å². The highest BCUT2D eigenvalue weighted by Crippen LogP contribution is 2.49. The lowest BCUT2D eigenvalue weighted by Crippen LogP contribution is -2.62. The minimum absolute atomic E-state index is 0.550. The first-order valence-electron chi connectivity index (χ1n) is 5.01. The Labute approximate surface area is 68.6 Å². The third kappa shape index (κ3) is 0.868. The summed E-state index contributed by atoms with van der Waals surface area (Å²) in [6, 6.07) is 0.895. The molecular formula is C10H17N. The Morgan fingerprint density at radius 2 is 1.73 bits per heavy atom. The molecule has 0 spiro atoms. The first-order chi connectivity index (χ1) is 5.23. The van der Waals surface area contributed by atoms with Crippen LogP contribution in [0.25, 0.3) is 0 Å². The van der Waals surface area contributed by atoms with Gasteiger partial charge < -0.3 is 5.32 Å². The van der Waals surface area contributed by atoms with Gasteiger partial charge in [0.1, 0.15) is 0 Å². The van der Waals surface area contributed by atoms with Gasteiger partial charge in [0.15, 0.2) is 0 Å². The molecule has 2 aliphatic heterocycles. The highest BCUT2D eigenvalue weighted by molar-refractivity contribution is 5.05. The maximum Gasteiger partial charge on any atom is 0.0161 e. The van der Waals surface area contributed by atoms with Crippen LogP contribution in [0.3, 0.4) is 0 Å². The molecule has 0 aromatic carbocycles. The van der Waals surface area contributed by atoms with Crippen LogP contribution in [0.4, 0.5) is 0 Å². The first kappa shape index (κ1) is 6.47. The van der Waals surface area contributed by atoms with Gasteiger partial charge in [0, 0.05) is 11.6 Å². The van der Waals surface area contributed by atoms with Crippen LogP contribution >= 0.6 is 0 Å². The van der Waals surface area contributed by atoms with Crippen LogP contribution in [0.1, 0.15) is 39.0 Å². The van der Waals surface area contributed by atoms with E-state index in [1.54, 1.807) is 6.42 Å². The maximum atomic E-state index is 3.79. The van der Waals surface area contributed by atoms with E-state index in [9.17, 15) is 0 Å². The van der Waals surface area contributed by atoms with Gasteiger partial charge in [-0.15, -0.1) is 0 Å². The molecule has 0 aromatic rings. The molecule has 2 aliphatic carbocycles. The molecule has 1 N–H and O–H groups in total. The summed E-state index contributed by atoms with van der Waals surface area (Å²) in [4.78, 5) is 0. The van der Waals surface area contributed by atoms with Gasteiger partial charge in [-0.25, -0.2) is 0 Å². The van der Waals surface area contributed by atoms with Crippen LogP contribution in [0.2, 0.25) is 0 Å². The summed E-state index contributed by atoms with van der Waals surface area (Å²) in [6.07, 6.45) is 7.42. The van der Waals surface area contributed by atoms with Crippen molar-refractivity contribution in [1.82, 2.24) is 5.32 Å². The molecule has 4 rings (SSSR count). The van der Waals surface area contributed by atoms with Gasteiger partial charge in [-0.2, -0.15) is 0 Å². The largest absolute Gasteiger partial charge is 0.309 e. The van der Waals surface area contributed by atoms with E-state index >= 15 is 0 Å². The Morgan fingerprint density at radius 1 is 1.09 bits per heavy atom. The molecule has 0 amide bonds. The Balaban J connectivity index is 1.94. The fourth-order valence-electron chi connectivity index (χ4n) is 3.98. The van der Waals surface area contributed by atoms with E-state index in [2.05, 4.69) is 12.2 Å². The Kier molecular flexibility index (Phi) is 1.07. The predicted octanol–water partition coefficient (Wildman–Crippen LogP) is 1.93. The van der Waals surface area contributed by atoms with Crippen molar-refractivity contribution >= 4 is 0 Å². The molecule has 2 saturated carbocycles. The van der Waals surface area contributed by atoms with E-state index in [0.29, 0.717) is 5.54 Å². The van der Waals surface area contributed by atoms with Crippen molar-refractivity contribution in [1.29, 1.82) is 0 Å². The van der Waals surface area contributed by atoms with Crippen molar-refractivity contribution < 1.29 is 0 Å². The highest BCUT2D eigenvalue weighted by atomic mass is 15.0. The standard InChI is InChI=1S/C10H17N/c1-10-5-7-2-8(6-10)4-9(3-7)11-10/h7-9,11H,2-6H2,1H3. The van der Waals surface area contributed by atoms with Crippen LogP contribution in [0.15, 0.2) is 0 Å². The normalized spacial score (nSPS) is 60.3.